The molecule has 1 fully saturated rings. The number of nitrogens with zero attached hydrogens (tertiary/aromatic N) is 2. The molecule has 0 amide bonds. The first kappa shape index (κ1) is 17.7. The molecule has 1 aliphatic heterocycles. The highest BCUT2D eigenvalue weighted by Crippen LogP contribution is 2.34. The van der Waals surface area contributed by atoms with Gasteiger partial charge in [-0.25, -0.2) is 4.98 Å². The highest BCUT2D eigenvalue weighted by molar-refractivity contribution is 5.75. The summed E-state index contributed by atoms with van der Waals surface area (Å²) in [6.45, 7) is 5.17. The lowest BCUT2D eigenvalue weighted by molar-refractivity contribution is -0.154. The average Bonchev–Trinajstić information content (AvgIpc) is 2.55. The Labute approximate surface area is 137 Å². The molecule has 0 aromatic carbocycles. The molecule has 128 valence electrons. The third-order valence-corrected chi connectivity index (χ3v) is 4.39. The molecule has 0 aliphatic carbocycles. The van der Waals surface area contributed by atoms with Crippen LogP contribution in [-0.2, 0) is 16.1 Å². The number of hydrogen-bond donors (Lipinski definition) is 1. The second kappa shape index (κ2) is 8.26. The number of carbonyl (C=O) groups is 1. The summed E-state index contributed by atoms with van der Waals surface area (Å²) in [5.74, 6) is -0.0982. The Morgan fingerprint density at radius 2 is 2.30 bits per heavy atom. The van der Waals surface area contributed by atoms with Gasteiger partial charge in [0, 0.05) is 39.1 Å². The molecule has 0 bridgehead atoms. The number of likely N-dealkylation sites (tertiary alicyclic amines) is 1. The number of aliphatic carboxylic acids is 1. The number of pyridine rings is 1. The predicted octanol–water partition coefficient (Wildman–Crippen LogP) is 2.18. The molecule has 2 rings (SSSR count). The summed E-state index contributed by atoms with van der Waals surface area (Å²) in [4.78, 5) is 18.3. The van der Waals surface area contributed by atoms with E-state index >= 15 is 0 Å². The summed E-state index contributed by atoms with van der Waals surface area (Å²) in [7, 11) is 1.61. The summed E-state index contributed by atoms with van der Waals surface area (Å²) < 4.78 is 10.4. The summed E-state index contributed by atoms with van der Waals surface area (Å²) in [5.41, 5.74) is 0.369. The van der Waals surface area contributed by atoms with Gasteiger partial charge in [0.15, 0.2) is 0 Å². The molecule has 1 aromatic heterocycles. The Morgan fingerprint density at radius 1 is 1.48 bits per heavy atom. The second-order valence-electron chi connectivity index (χ2n) is 6.08. The Morgan fingerprint density at radius 3 is 2.91 bits per heavy atom. The van der Waals surface area contributed by atoms with Crippen molar-refractivity contribution >= 4 is 5.97 Å². The number of aromatic nitrogens is 1. The molecule has 6 nitrogen and oxygen atoms in total. The van der Waals surface area contributed by atoms with Crippen LogP contribution in [0, 0.1) is 5.41 Å². The first-order valence-electron chi connectivity index (χ1n) is 8.12. The lowest BCUT2D eigenvalue weighted by Crippen LogP contribution is -2.48. The number of ether oxygens (including phenoxy) is 2. The highest BCUT2D eigenvalue weighted by Gasteiger charge is 2.41. The van der Waals surface area contributed by atoms with Gasteiger partial charge >= 0.3 is 5.97 Å². The van der Waals surface area contributed by atoms with E-state index < -0.39 is 11.4 Å². The van der Waals surface area contributed by atoms with Crippen LogP contribution < -0.4 is 4.74 Å². The van der Waals surface area contributed by atoms with Crippen molar-refractivity contribution in [2.75, 3.05) is 33.4 Å². The Bertz CT molecular complexity index is 506. The van der Waals surface area contributed by atoms with E-state index in [0.717, 1.165) is 18.5 Å². The van der Waals surface area contributed by atoms with Crippen LogP contribution in [0.3, 0.4) is 0 Å². The molecule has 1 aliphatic rings. The van der Waals surface area contributed by atoms with Crippen LogP contribution in [-0.4, -0.2) is 54.4 Å². The fourth-order valence-electron chi connectivity index (χ4n) is 3.14. The lowest BCUT2D eigenvalue weighted by atomic mass is 9.77. The predicted molar refractivity (Wildman–Crippen MR) is 86.5 cm³/mol. The molecular weight excluding hydrogens is 296 g/mol. The van der Waals surface area contributed by atoms with E-state index in [-0.39, 0.29) is 0 Å². The molecule has 1 atom stereocenters. The van der Waals surface area contributed by atoms with Gasteiger partial charge < -0.3 is 14.6 Å². The van der Waals surface area contributed by atoms with Crippen LogP contribution in [0.1, 0.15) is 31.7 Å². The van der Waals surface area contributed by atoms with Crippen molar-refractivity contribution in [1.82, 2.24) is 9.88 Å². The monoisotopic (exact) mass is 322 g/mol. The first-order chi connectivity index (χ1) is 11.1. The maximum atomic E-state index is 11.8. The van der Waals surface area contributed by atoms with Gasteiger partial charge in [-0.05, 0) is 38.3 Å². The lowest BCUT2D eigenvalue weighted by Gasteiger charge is -2.40. The Balaban J connectivity index is 2.00. The molecular formula is C17H26N2O4. The van der Waals surface area contributed by atoms with Crippen LogP contribution in [0.5, 0.6) is 5.88 Å². The summed E-state index contributed by atoms with van der Waals surface area (Å²) in [6.07, 6.45) is 3.96. The maximum Gasteiger partial charge on any atom is 0.311 e. The smallest absolute Gasteiger partial charge is 0.311 e. The van der Waals surface area contributed by atoms with E-state index in [4.69, 9.17) is 9.47 Å². The minimum Gasteiger partial charge on any atom is -0.481 e. The third-order valence-electron chi connectivity index (χ3n) is 4.39. The Kier molecular flexibility index (Phi) is 6.36. The molecule has 1 saturated heterocycles. The summed E-state index contributed by atoms with van der Waals surface area (Å²) >= 11 is 0. The van der Waals surface area contributed by atoms with Gasteiger partial charge in [-0.3, -0.25) is 9.69 Å². The van der Waals surface area contributed by atoms with E-state index in [2.05, 4.69) is 9.88 Å². The molecule has 23 heavy (non-hydrogen) atoms. The normalized spacial score (nSPS) is 22.0. The third kappa shape index (κ3) is 4.65. The second-order valence-corrected chi connectivity index (χ2v) is 6.08. The molecule has 0 saturated carbocycles. The number of carboxylic acids is 1. The van der Waals surface area contributed by atoms with Gasteiger partial charge in [-0.1, -0.05) is 6.07 Å². The van der Waals surface area contributed by atoms with Gasteiger partial charge in [-0.15, -0.1) is 0 Å². The average molecular weight is 322 g/mol. The van der Waals surface area contributed by atoms with Crippen LogP contribution >= 0.6 is 0 Å². The largest absolute Gasteiger partial charge is 0.481 e. The minimum absolute atomic E-state index is 0.477. The van der Waals surface area contributed by atoms with Gasteiger partial charge in [0.1, 0.15) is 0 Å². The van der Waals surface area contributed by atoms with Crippen LogP contribution in [0.4, 0.5) is 0 Å². The number of methoxy groups -OCH3 is 1. The summed E-state index contributed by atoms with van der Waals surface area (Å²) in [6, 6.07) is 3.85. The van der Waals surface area contributed by atoms with E-state index in [0.29, 0.717) is 45.0 Å². The van der Waals surface area contributed by atoms with E-state index in [1.165, 1.54) is 0 Å². The zero-order valence-electron chi connectivity index (χ0n) is 14.0. The molecule has 1 aromatic rings. The van der Waals surface area contributed by atoms with Crippen LogP contribution in [0.2, 0.25) is 0 Å². The zero-order chi connectivity index (χ0) is 16.7. The topological polar surface area (TPSA) is 71.9 Å². The maximum absolute atomic E-state index is 11.8. The molecule has 2 heterocycles. The number of hydrogen-bond acceptors (Lipinski definition) is 5. The number of piperidine rings is 1. The van der Waals surface area contributed by atoms with Crippen molar-refractivity contribution in [2.24, 2.45) is 5.41 Å². The number of carboxylic acid groups (broad SMARTS) is 1. The van der Waals surface area contributed by atoms with Crippen molar-refractivity contribution in [3.63, 3.8) is 0 Å². The van der Waals surface area contributed by atoms with Gasteiger partial charge in [0.25, 0.3) is 0 Å². The first-order valence-corrected chi connectivity index (χ1v) is 8.12. The molecule has 0 spiro atoms. The minimum atomic E-state index is -0.718. The quantitative estimate of drug-likeness (QED) is 0.791. The van der Waals surface area contributed by atoms with E-state index in [1.807, 2.05) is 19.1 Å². The molecule has 6 heteroatoms. The van der Waals surface area contributed by atoms with E-state index in [9.17, 15) is 9.90 Å². The zero-order valence-corrected chi connectivity index (χ0v) is 14.0. The van der Waals surface area contributed by atoms with Crippen molar-refractivity contribution in [3.8, 4) is 5.88 Å². The highest BCUT2D eigenvalue weighted by atomic mass is 16.5. The number of rotatable bonds is 8. The van der Waals surface area contributed by atoms with Crippen molar-refractivity contribution in [1.29, 1.82) is 0 Å². The van der Waals surface area contributed by atoms with Crippen molar-refractivity contribution in [3.05, 3.63) is 23.9 Å². The van der Waals surface area contributed by atoms with Gasteiger partial charge in [-0.2, -0.15) is 0 Å². The standard InChI is InChI=1S/C17H26N2O4/c1-3-23-15-6-5-14(11-18-15)12-19-9-4-7-17(13-19,16(20)21)8-10-22-2/h5-6,11H,3-4,7-10,12-13H2,1-2H3,(H,20,21)/t17-/m0/s1. The summed E-state index contributed by atoms with van der Waals surface area (Å²) in [5, 5.41) is 9.68. The van der Waals surface area contributed by atoms with Crippen molar-refractivity contribution in [2.45, 2.75) is 32.7 Å². The van der Waals surface area contributed by atoms with Crippen LogP contribution in [0.25, 0.3) is 0 Å². The SMILES string of the molecule is CCOc1ccc(CN2CCC[C@@](CCOC)(C(=O)O)C2)cn1. The molecule has 1 N–H and O–H groups in total. The van der Waals surface area contributed by atoms with Gasteiger partial charge in [0.2, 0.25) is 5.88 Å². The van der Waals surface area contributed by atoms with E-state index in [1.54, 1.807) is 13.3 Å². The molecule has 0 radical (unpaired) electrons. The van der Waals surface area contributed by atoms with Crippen molar-refractivity contribution < 1.29 is 19.4 Å². The molecule has 0 unspecified atom stereocenters. The fraction of sp³-hybridized carbons (Fsp3) is 0.647. The fourth-order valence-corrected chi connectivity index (χ4v) is 3.14. The van der Waals surface area contributed by atoms with Gasteiger partial charge in [0.05, 0.1) is 12.0 Å². The Hall–Kier alpha value is -1.66. The van der Waals surface area contributed by atoms with Crippen LogP contribution in [0.15, 0.2) is 18.3 Å².